The maximum absolute atomic E-state index is 11.8. The van der Waals surface area contributed by atoms with Gasteiger partial charge in [-0.25, -0.2) is 4.98 Å². The second kappa shape index (κ2) is 6.47. The van der Waals surface area contributed by atoms with Gasteiger partial charge < -0.3 is 10.6 Å². The van der Waals surface area contributed by atoms with Crippen LogP contribution in [0.25, 0.3) is 10.6 Å². The van der Waals surface area contributed by atoms with Crippen molar-refractivity contribution in [3.63, 3.8) is 0 Å². The predicted octanol–water partition coefficient (Wildman–Crippen LogP) is 2.63. The Morgan fingerprint density at radius 3 is 3.20 bits per heavy atom. The van der Waals surface area contributed by atoms with Crippen LogP contribution in [-0.2, 0) is 11.3 Å². The molecule has 3 heterocycles. The highest BCUT2D eigenvalue weighted by molar-refractivity contribution is 7.14. The van der Waals surface area contributed by atoms with Crippen molar-refractivity contribution in [3.05, 3.63) is 27.9 Å². The quantitative estimate of drug-likeness (QED) is 0.913. The van der Waals surface area contributed by atoms with Crippen molar-refractivity contribution in [2.45, 2.75) is 31.8 Å². The molecule has 20 heavy (non-hydrogen) atoms. The van der Waals surface area contributed by atoms with Gasteiger partial charge in [-0.05, 0) is 30.7 Å². The average molecular weight is 307 g/mol. The van der Waals surface area contributed by atoms with Crippen molar-refractivity contribution >= 4 is 28.6 Å². The molecule has 0 saturated carbocycles. The molecule has 0 aliphatic carbocycles. The molecule has 106 valence electrons. The first-order valence-corrected chi connectivity index (χ1v) is 8.63. The molecule has 2 aromatic heterocycles. The first-order valence-electron chi connectivity index (χ1n) is 6.81. The number of rotatable bonds is 4. The zero-order chi connectivity index (χ0) is 13.8. The summed E-state index contributed by atoms with van der Waals surface area (Å²) in [5, 5.41) is 13.5. The van der Waals surface area contributed by atoms with Gasteiger partial charge >= 0.3 is 0 Å². The van der Waals surface area contributed by atoms with Crippen LogP contribution in [0, 0.1) is 0 Å². The Labute approximate surface area is 126 Å². The number of hydrogen-bond acceptors (Lipinski definition) is 5. The molecule has 1 saturated heterocycles. The van der Waals surface area contributed by atoms with Crippen molar-refractivity contribution < 1.29 is 4.79 Å². The van der Waals surface area contributed by atoms with Gasteiger partial charge in [-0.3, -0.25) is 4.79 Å². The van der Waals surface area contributed by atoms with Crippen molar-refractivity contribution in [3.8, 4) is 10.6 Å². The number of aromatic nitrogens is 1. The number of carbonyl (C=O) groups excluding carboxylic acids is 1. The number of thiophene rings is 1. The molecule has 0 bridgehead atoms. The predicted molar refractivity (Wildman–Crippen MR) is 82.9 cm³/mol. The minimum absolute atomic E-state index is 0.0798. The van der Waals surface area contributed by atoms with E-state index in [1.54, 1.807) is 22.7 Å². The van der Waals surface area contributed by atoms with E-state index in [-0.39, 0.29) is 11.9 Å². The smallest absolute Gasteiger partial charge is 0.237 e. The van der Waals surface area contributed by atoms with Crippen molar-refractivity contribution in [1.82, 2.24) is 15.6 Å². The molecule has 0 spiro atoms. The number of thiazole rings is 1. The number of carbonyl (C=O) groups is 1. The molecule has 6 heteroatoms. The molecule has 4 nitrogen and oxygen atoms in total. The van der Waals surface area contributed by atoms with Crippen LogP contribution in [0.15, 0.2) is 22.2 Å². The SMILES string of the molecule is O=C1NCCCC[C@@H]1NCc1csc(-c2ccsc2)n1. The summed E-state index contributed by atoms with van der Waals surface area (Å²) in [5.74, 6) is 0.121. The van der Waals surface area contributed by atoms with Gasteiger partial charge in [-0.2, -0.15) is 11.3 Å². The molecular formula is C14H17N3OS2. The summed E-state index contributed by atoms with van der Waals surface area (Å²) in [7, 11) is 0. The van der Waals surface area contributed by atoms with Crippen LogP contribution in [-0.4, -0.2) is 23.5 Å². The van der Waals surface area contributed by atoms with Gasteiger partial charge in [0.2, 0.25) is 5.91 Å². The van der Waals surface area contributed by atoms with Gasteiger partial charge in [0.05, 0.1) is 11.7 Å². The van der Waals surface area contributed by atoms with E-state index in [1.165, 1.54) is 5.56 Å². The number of hydrogen-bond donors (Lipinski definition) is 2. The Hall–Kier alpha value is -1.24. The first-order chi connectivity index (χ1) is 9.83. The lowest BCUT2D eigenvalue weighted by Crippen LogP contribution is -2.42. The molecular weight excluding hydrogens is 290 g/mol. The highest BCUT2D eigenvalue weighted by atomic mass is 32.1. The van der Waals surface area contributed by atoms with E-state index in [4.69, 9.17) is 0 Å². The summed E-state index contributed by atoms with van der Waals surface area (Å²) in [6, 6.07) is 2.00. The minimum atomic E-state index is -0.0798. The van der Waals surface area contributed by atoms with E-state index >= 15 is 0 Å². The van der Waals surface area contributed by atoms with Gasteiger partial charge in [-0.1, -0.05) is 0 Å². The van der Waals surface area contributed by atoms with Crippen molar-refractivity contribution in [2.75, 3.05) is 6.54 Å². The van der Waals surface area contributed by atoms with Crippen molar-refractivity contribution in [2.24, 2.45) is 0 Å². The van der Waals surface area contributed by atoms with E-state index in [0.717, 1.165) is 36.5 Å². The second-order valence-electron chi connectivity index (χ2n) is 4.88. The highest BCUT2D eigenvalue weighted by Gasteiger charge is 2.20. The first kappa shape index (κ1) is 13.7. The van der Waals surface area contributed by atoms with Crippen LogP contribution < -0.4 is 10.6 Å². The molecule has 1 aliphatic heterocycles. The lowest BCUT2D eigenvalue weighted by molar-refractivity contribution is -0.122. The number of nitrogens with one attached hydrogen (secondary N) is 2. The maximum atomic E-state index is 11.8. The fraction of sp³-hybridized carbons (Fsp3) is 0.429. The lowest BCUT2D eigenvalue weighted by Gasteiger charge is -2.13. The Morgan fingerprint density at radius 2 is 2.35 bits per heavy atom. The summed E-state index contributed by atoms with van der Waals surface area (Å²) in [6.45, 7) is 1.45. The molecule has 2 aromatic rings. The topological polar surface area (TPSA) is 54.0 Å². The second-order valence-corrected chi connectivity index (χ2v) is 6.51. The monoisotopic (exact) mass is 307 g/mol. The van der Waals surface area contributed by atoms with E-state index in [2.05, 4.69) is 37.8 Å². The van der Waals surface area contributed by atoms with Crippen LogP contribution in [0.3, 0.4) is 0 Å². The lowest BCUT2D eigenvalue weighted by atomic mass is 10.1. The third kappa shape index (κ3) is 3.26. The van der Waals surface area contributed by atoms with E-state index < -0.39 is 0 Å². The molecule has 0 radical (unpaired) electrons. The number of nitrogens with zero attached hydrogens (tertiary/aromatic N) is 1. The Balaban J connectivity index is 1.59. The summed E-state index contributed by atoms with van der Waals surface area (Å²) >= 11 is 3.33. The van der Waals surface area contributed by atoms with Crippen LogP contribution in [0.1, 0.15) is 25.0 Å². The normalized spacial score (nSPS) is 19.6. The van der Waals surface area contributed by atoms with Gasteiger partial charge in [0.1, 0.15) is 5.01 Å². The minimum Gasteiger partial charge on any atom is -0.355 e. The Morgan fingerprint density at radius 1 is 1.40 bits per heavy atom. The summed E-state index contributed by atoms with van der Waals surface area (Å²) in [5.41, 5.74) is 2.19. The molecule has 1 aliphatic rings. The summed E-state index contributed by atoms with van der Waals surface area (Å²) < 4.78 is 0. The van der Waals surface area contributed by atoms with E-state index in [9.17, 15) is 4.79 Å². The standard InChI is InChI=1S/C14H17N3OS2/c18-13-12(3-1-2-5-15-13)16-7-11-9-20-14(17-11)10-4-6-19-8-10/h4,6,8-9,12,16H,1-3,5,7H2,(H,15,18)/t12-/m0/s1. The van der Waals surface area contributed by atoms with Gasteiger partial charge in [0.15, 0.2) is 0 Å². The van der Waals surface area contributed by atoms with Gasteiger partial charge in [0, 0.05) is 29.4 Å². The van der Waals surface area contributed by atoms with Crippen molar-refractivity contribution in [1.29, 1.82) is 0 Å². The van der Waals surface area contributed by atoms with Gasteiger partial charge in [0.25, 0.3) is 0 Å². The average Bonchev–Trinajstić information content (AvgIpc) is 3.08. The third-order valence-corrected chi connectivity index (χ3v) is 5.01. The van der Waals surface area contributed by atoms with Crippen LogP contribution >= 0.6 is 22.7 Å². The van der Waals surface area contributed by atoms with E-state index in [0.29, 0.717) is 6.54 Å². The molecule has 1 amide bonds. The van der Waals surface area contributed by atoms with Crippen LogP contribution in [0.5, 0.6) is 0 Å². The Kier molecular flexibility index (Phi) is 4.44. The molecule has 1 atom stereocenters. The fourth-order valence-corrected chi connectivity index (χ4v) is 3.80. The molecule has 0 aromatic carbocycles. The Bertz CT molecular complexity index is 565. The summed E-state index contributed by atoms with van der Waals surface area (Å²) in [6.07, 6.45) is 3.07. The van der Waals surface area contributed by atoms with E-state index in [1.807, 2.05) is 0 Å². The van der Waals surface area contributed by atoms with Crippen LogP contribution in [0.2, 0.25) is 0 Å². The summed E-state index contributed by atoms with van der Waals surface area (Å²) in [4.78, 5) is 16.5. The molecule has 2 N–H and O–H groups in total. The largest absolute Gasteiger partial charge is 0.355 e. The third-order valence-electron chi connectivity index (χ3n) is 3.38. The fourth-order valence-electron chi connectivity index (χ4n) is 2.27. The van der Waals surface area contributed by atoms with Crippen LogP contribution in [0.4, 0.5) is 0 Å². The zero-order valence-electron chi connectivity index (χ0n) is 11.1. The highest BCUT2D eigenvalue weighted by Crippen LogP contribution is 2.25. The number of amides is 1. The molecule has 1 fully saturated rings. The maximum Gasteiger partial charge on any atom is 0.237 e. The zero-order valence-corrected chi connectivity index (χ0v) is 12.7. The van der Waals surface area contributed by atoms with Gasteiger partial charge in [-0.15, -0.1) is 11.3 Å². The molecule has 0 unspecified atom stereocenters. The molecule has 3 rings (SSSR count).